The summed E-state index contributed by atoms with van der Waals surface area (Å²) in [6.07, 6.45) is 13.5. The van der Waals surface area contributed by atoms with Gasteiger partial charge in [0.25, 0.3) is 0 Å². The quantitative estimate of drug-likeness (QED) is 0.754. The van der Waals surface area contributed by atoms with Gasteiger partial charge in [0, 0.05) is 44.9 Å². The van der Waals surface area contributed by atoms with Crippen LogP contribution in [0.1, 0.15) is 51.5 Å². The van der Waals surface area contributed by atoms with E-state index in [1.807, 2.05) is 6.20 Å². The predicted molar refractivity (Wildman–Crippen MR) is 78.4 cm³/mol. The van der Waals surface area contributed by atoms with Crippen LogP contribution in [0.15, 0.2) is 24.8 Å². The van der Waals surface area contributed by atoms with Crippen LogP contribution >= 0.6 is 0 Å². The van der Waals surface area contributed by atoms with Gasteiger partial charge in [-0.2, -0.15) is 0 Å². The molecule has 1 aliphatic heterocycles. The molecule has 0 bridgehead atoms. The highest BCUT2D eigenvalue weighted by Crippen LogP contribution is 2.28. The molecule has 19 heavy (non-hydrogen) atoms. The molecule has 0 aromatic carbocycles. The normalized spacial score (nSPS) is 18.6. The molecule has 1 aromatic rings. The van der Waals surface area contributed by atoms with Crippen molar-refractivity contribution in [1.82, 2.24) is 19.4 Å². The Bertz CT molecular complexity index is 410. The van der Waals surface area contributed by atoms with Gasteiger partial charge in [-0.3, -0.25) is 0 Å². The molecule has 0 fully saturated rings. The van der Waals surface area contributed by atoms with E-state index in [2.05, 4.69) is 58.8 Å². The van der Waals surface area contributed by atoms with Gasteiger partial charge < -0.3 is 14.4 Å². The van der Waals surface area contributed by atoms with Gasteiger partial charge in [-0.05, 0) is 12.8 Å². The van der Waals surface area contributed by atoms with Crippen molar-refractivity contribution in [2.45, 2.75) is 52.2 Å². The smallest absolute Gasteiger partial charge is 0.161 e. The summed E-state index contributed by atoms with van der Waals surface area (Å²) >= 11 is 0. The Hall–Kier alpha value is -1.45. The lowest BCUT2D eigenvalue weighted by Crippen LogP contribution is -2.31. The molecule has 1 aliphatic rings. The summed E-state index contributed by atoms with van der Waals surface area (Å²) in [5.74, 6) is 1.16. The fourth-order valence-corrected chi connectivity index (χ4v) is 2.53. The van der Waals surface area contributed by atoms with Gasteiger partial charge in [-0.1, -0.05) is 26.7 Å². The maximum absolute atomic E-state index is 4.60. The van der Waals surface area contributed by atoms with Crippen molar-refractivity contribution in [3.8, 4) is 0 Å². The number of aromatic nitrogens is 2. The highest BCUT2D eigenvalue weighted by Gasteiger charge is 2.28. The molecule has 1 atom stereocenters. The average molecular weight is 262 g/mol. The van der Waals surface area contributed by atoms with E-state index in [1.165, 1.54) is 25.7 Å². The first-order chi connectivity index (χ1) is 9.27. The van der Waals surface area contributed by atoms with Crippen molar-refractivity contribution < 1.29 is 0 Å². The van der Waals surface area contributed by atoms with E-state index < -0.39 is 0 Å². The Morgan fingerprint density at radius 3 is 2.58 bits per heavy atom. The molecule has 106 valence electrons. The van der Waals surface area contributed by atoms with Crippen LogP contribution in [0.3, 0.4) is 0 Å². The van der Waals surface area contributed by atoms with Crippen LogP contribution in [-0.2, 0) is 6.54 Å². The van der Waals surface area contributed by atoms with Gasteiger partial charge in [0.05, 0.1) is 0 Å². The average Bonchev–Trinajstić information content (AvgIpc) is 3.00. The molecule has 0 saturated heterocycles. The number of aryl methyl sites for hydroxylation is 1. The summed E-state index contributed by atoms with van der Waals surface area (Å²) in [4.78, 5) is 9.25. The van der Waals surface area contributed by atoms with Crippen LogP contribution in [0.5, 0.6) is 0 Å². The first-order valence-electron chi connectivity index (χ1n) is 7.45. The zero-order valence-corrected chi connectivity index (χ0v) is 12.4. The number of hydrogen-bond donors (Lipinski definition) is 0. The SMILES string of the molecule is CCCCN1C=CN(C)C1c1nccn1CCCC. The number of unbranched alkanes of at least 4 members (excludes halogenated alkanes) is 2. The van der Waals surface area contributed by atoms with E-state index in [9.17, 15) is 0 Å². The van der Waals surface area contributed by atoms with E-state index in [0.29, 0.717) is 0 Å². The zero-order valence-electron chi connectivity index (χ0n) is 12.4. The van der Waals surface area contributed by atoms with Gasteiger partial charge in [-0.25, -0.2) is 4.98 Å². The largest absolute Gasteiger partial charge is 0.353 e. The molecule has 0 radical (unpaired) electrons. The Balaban J connectivity index is 2.12. The van der Waals surface area contributed by atoms with E-state index in [1.54, 1.807) is 0 Å². The third-order valence-corrected chi connectivity index (χ3v) is 3.69. The summed E-state index contributed by atoms with van der Waals surface area (Å²) in [5.41, 5.74) is 0. The van der Waals surface area contributed by atoms with E-state index in [0.717, 1.165) is 18.9 Å². The Morgan fingerprint density at radius 2 is 1.84 bits per heavy atom. The minimum atomic E-state index is 0.262. The lowest BCUT2D eigenvalue weighted by Gasteiger charge is -2.30. The first kappa shape index (κ1) is 14.0. The minimum absolute atomic E-state index is 0.262. The van der Waals surface area contributed by atoms with Crippen molar-refractivity contribution in [1.29, 1.82) is 0 Å². The van der Waals surface area contributed by atoms with E-state index in [-0.39, 0.29) is 6.17 Å². The number of hydrogen-bond acceptors (Lipinski definition) is 3. The molecule has 0 amide bonds. The standard InChI is InChI=1S/C15H26N4/c1-4-6-9-18-11-8-16-14(18)15-17(3)12-13-19(15)10-7-5-2/h8,11-13,15H,4-7,9-10H2,1-3H3. The molecule has 0 saturated carbocycles. The van der Waals surface area contributed by atoms with Crippen molar-refractivity contribution in [3.63, 3.8) is 0 Å². The molecule has 0 spiro atoms. The summed E-state index contributed by atoms with van der Waals surface area (Å²) < 4.78 is 2.30. The van der Waals surface area contributed by atoms with Gasteiger partial charge in [0.1, 0.15) is 0 Å². The second kappa shape index (κ2) is 6.64. The van der Waals surface area contributed by atoms with Gasteiger partial charge >= 0.3 is 0 Å². The third kappa shape index (κ3) is 3.11. The van der Waals surface area contributed by atoms with Crippen molar-refractivity contribution >= 4 is 0 Å². The predicted octanol–water partition coefficient (Wildman–Crippen LogP) is 3.20. The van der Waals surface area contributed by atoms with Crippen molar-refractivity contribution in [2.24, 2.45) is 0 Å². The molecule has 0 aliphatic carbocycles. The van der Waals surface area contributed by atoms with Gasteiger partial charge in [0.15, 0.2) is 12.0 Å². The number of imidazole rings is 1. The molecule has 4 nitrogen and oxygen atoms in total. The molecule has 1 aromatic heterocycles. The van der Waals surface area contributed by atoms with Gasteiger partial charge in [0.2, 0.25) is 0 Å². The minimum Gasteiger partial charge on any atom is -0.353 e. The van der Waals surface area contributed by atoms with Crippen LogP contribution < -0.4 is 0 Å². The molecule has 4 heteroatoms. The Kier molecular flexibility index (Phi) is 4.88. The topological polar surface area (TPSA) is 24.3 Å². The Morgan fingerprint density at radius 1 is 1.11 bits per heavy atom. The van der Waals surface area contributed by atoms with E-state index in [4.69, 9.17) is 0 Å². The summed E-state index contributed by atoms with van der Waals surface area (Å²) in [6, 6.07) is 0. The van der Waals surface area contributed by atoms with Crippen molar-refractivity contribution in [3.05, 3.63) is 30.6 Å². The highest BCUT2D eigenvalue weighted by molar-refractivity contribution is 5.07. The van der Waals surface area contributed by atoms with Crippen LogP contribution in [0.2, 0.25) is 0 Å². The molecule has 1 unspecified atom stereocenters. The monoisotopic (exact) mass is 262 g/mol. The molecule has 2 rings (SSSR count). The van der Waals surface area contributed by atoms with Gasteiger partial charge in [-0.15, -0.1) is 0 Å². The van der Waals surface area contributed by atoms with Crippen LogP contribution in [0.4, 0.5) is 0 Å². The summed E-state index contributed by atoms with van der Waals surface area (Å²) in [5, 5.41) is 0. The maximum Gasteiger partial charge on any atom is 0.161 e. The third-order valence-electron chi connectivity index (χ3n) is 3.69. The zero-order chi connectivity index (χ0) is 13.7. The molecular formula is C15H26N4. The fourth-order valence-electron chi connectivity index (χ4n) is 2.53. The second-order valence-corrected chi connectivity index (χ2v) is 5.26. The maximum atomic E-state index is 4.60. The van der Waals surface area contributed by atoms with Crippen LogP contribution in [0.25, 0.3) is 0 Å². The summed E-state index contributed by atoms with van der Waals surface area (Å²) in [7, 11) is 2.13. The lowest BCUT2D eigenvalue weighted by atomic mass is 10.3. The van der Waals surface area contributed by atoms with Crippen LogP contribution in [0, 0.1) is 0 Å². The molecular weight excluding hydrogens is 236 g/mol. The Labute approximate surface area is 116 Å². The summed E-state index contributed by atoms with van der Waals surface area (Å²) in [6.45, 7) is 6.63. The molecule has 2 heterocycles. The highest BCUT2D eigenvalue weighted by atomic mass is 15.4. The number of nitrogens with zero attached hydrogens (tertiary/aromatic N) is 4. The second-order valence-electron chi connectivity index (χ2n) is 5.26. The first-order valence-corrected chi connectivity index (χ1v) is 7.45. The van der Waals surface area contributed by atoms with E-state index >= 15 is 0 Å². The lowest BCUT2D eigenvalue weighted by molar-refractivity contribution is 0.162. The van der Waals surface area contributed by atoms with Crippen LogP contribution in [-0.4, -0.2) is 32.9 Å². The van der Waals surface area contributed by atoms with Crippen molar-refractivity contribution in [2.75, 3.05) is 13.6 Å². The molecule has 0 N–H and O–H groups in total. The fraction of sp³-hybridized carbons (Fsp3) is 0.667. The number of rotatable bonds is 7.